The number of anilines is 1. The monoisotopic (exact) mass is 438 g/mol. The average Bonchev–Trinajstić information content (AvgIpc) is 3.21. The summed E-state index contributed by atoms with van der Waals surface area (Å²) >= 11 is 0. The van der Waals surface area contributed by atoms with Crippen molar-refractivity contribution >= 4 is 16.6 Å². The van der Waals surface area contributed by atoms with Crippen LogP contribution in [0.5, 0.6) is 5.88 Å². The highest BCUT2D eigenvalue weighted by molar-refractivity contribution is 5.85. The number of aromatic amines is 1. The van der Waals surface area contributed by atoms with Crippen molar-refractivity contribution in [1.29, 1.82) is 0 Å². The van der Waals surface area contributed by atoms with E-state index in [0.29, 0.717) is 17.8 Å². The number of H-pyrrole nitrogens is 1. The predicted octanol–water partition coefficient (Wildman–Crippen LogP) is 4.99. The van der Waals surface area contributed by atoms with Gasteiger partial charge in [-0.15, -0.1) is 0 Å². The number of ether oxygens (including phenoxy) is 1. The molecular weight excluding hydrogens is 408 g/mol. The largest absolute Gasteiger partial charge is 0.472 e. The third-order valence-corrected chi connectivity index (χ3v) is 7.31. The Kier molecular flexibility index (Phi) is 5.07. The summed E-state index contributed by atoms with van der Waals surface area (Å²) in [5.74, 6) is 1.06. The quantitative estimate of drug-likeness (QED) is 0.477. The Morgan fingerprint density at radius 3 is 2.64 bits per heavy atom. The zero-order valence-corrected chi connectivity index (χ0v) is 19.2. The van der Waals surface area contributed by atoms with E-state index in [-0.39, 0.29) is 6.10 Å². The minimum absolute atomic E-state index is 0.0595. The van der Waals surface area contributed by atoms with Gasteiger partial charge in [0.1, 0.15) is 6.10 Å². The van der Waals surface area contributed by atoms with Gasteiger partial charge in [0, 0.05) is 73.7 Å². The van der Waals surface area contributed by atoms with Gasteiger partial charge in [-0.2, -0.15) is 0 Å². The second-order valence-corrected chi connectivity index (χ2v) is 9.58. The van der Waals surface area contributed by atoms with E-state index in [9.17, 15) is 0 Å². The standard InChI is InChI=1S/C28H30N4O/c1-31(2)20-12-10-19(11-13-20)17-32-18-26(33-27-9-5-6-14-29-27)24-16-21(32)15-23-22-7-3-4-8-25(22)30-28(23)24/h3-14,21,24,26,30H,15-18H2,1-2H3/t21-,24+,26-/m0/s1. The van der Waals surface area contributed by atoms with Crippen LogP contribution in [-0.2, 0) is 13.0 Å². The van der Waals surface area contributed by atoms with E-state index in [4.69, 9.17) is 4.74 Å². The molecule has 6 rings (SSSR count). The van der Waals surface area contributed by atoms with Crippen molar-refractivity contribution in [1.82, 2.24) is 14.9 Å². The maximum atomic E-state index is 6.53. The molecule has 2 aromatic heterocycles. The highest BCUT2D eigenvalue weighted by Crippen LogP contribution is 2.44. The number of hydrogen-bond donors (Lipinski definition) is 1. The van der Waals surface area contributed by atoms with Gasteiger partial charge < -0.3 is 14.6 Å². The molecule has 0 saturated carbocycles. The van der Waals surface area contributed by atoms with Crippen LogP contribution >= 0.6 is 0 Å². The number of likely N-dealkylation sites (tertiary alicyclic amines) is 1. The van der Waals surface area contributed by atoms with E-state index >= 15 is 0 Å². The van der Waals surface area contributed by atoms with Gasteiger partial charge in [0.2, 0.25) is 5.88 Å². The highest BCUT2D eigenvalue weighted by atomic mass is 16.5. The number of piperidine rings is 1. The number of benzene rings is 2. The van der Waals surface area contributed by atoms with Crippen molar-refractivity contribution in [3.8, 4) is 5.88 Å². The van der Waals surface area contributed by atoms with Crippen LogP contribution in [0.2, 0.25) is 0 Å². The average molecular weight is 439 g/mol. The van der Waals surface area contributed by atoms with Crippen LogP contribution in [0, 0.1) is 0 Å². The molecule has 1 aliphatic heterocycles. The predicted molar refractivity (Wildman–Crippen MR) is 133 cm³/mol. The lowest BCUT2D eigenvalue weighted by atomic mass is 9.76. The molecule has 1 aliphatic carbocycles. The Labute approximate surface area is 195 Å². The summed E-state index contributed by atoms with van der Waals surface area (Å²) in [7, 11) is 4.17. The first-order valence-corrected chi connectivity index (χ1v) is 11.8. The molecule has 0 unspecified atom stereocenters. The Morgan fingerprint density at radius 2 is 1.85 bits per heavy atom. The summed E-state index contributed by atoms with van der Waals surface area (Å²) in [6, 6.07) is 24.0. The minimum atomic E-state index is 0.0595. The lowest BCUT2D eigenvalue weighted by Crippen LogP contribution is -2.53. The Balaban J connectivity index is 1.34. The molecule has 1 fully saturated rings. The number of pyridine rings is 1. The van der Waals surface area contributed by atoms with Crippen LogP contribution in [0.15, 0.2) is 72.9 Å². The molecule has 4 aromatic rings. The fourth-order valence-electron chi connectivity index (χ4n) is 5.63. The molecule has 1 saturated heterocycles. The number of aromatic nitrogens is 2. The molecule has 1 N–H and O–H groups in total. The van der Waals surface area contributed by atoms with Gasteiger partial charge in [0.05, 0.1) is 0 Å². The first-order chi connectivity index (χ1) is 16.2. The van der Waals surface area contributed by atoms with E-state index in [1.165, 1.54) is 33.4 Å². The Morgan fingerprint density at radius 1 is 1.03 bits per heavy atom. The van der Waals surface area contributed by atoms with Crippen LogP contribution < -0.4 is 9.64 Å². The number of para-hydroxylation sites is 1. The molecule has 3 atom stereocenters. The number of rotatable bonds is 5. The summed E-state index contributed by atoms with van der Waals surface area (Å²) < 4.78 is 6.53. The van der Waals surface area contributed by atoms with Crippen molar-refractivity contribution in [2.45, 2.75) is 37.5 Å². The fraction of sp³-hybridized carbons (Fsp3) is 0.321. The zero-order valence-electron chi connectivity index (χ0n) is 19.2. The molecule has 0 radical (unpaired) electrons. The molecule has 2 bridgehead atoms. The fourth-order valence-corrected chi connectivity index (χ4v) is 5.63. The third kappa shape index (κ3) is 3.76. The van der Waals surface area contributed by atoms with E-state index in [1.807, 2.05) is 18.2 Å². The minimum Gasteiger partial charge on any atom is -0.472 e. The van der Waals surface area contributed by atoms with Gasteiger partial charge in [-0.05, 0) is 48.2 Å². The van der Waals surface area contributed by atoms with Gasteiger partial charge >= 0.3 is 0 Å². The number of fused-ring (bicyclic) bond motifs is 6. The van der Waals surface area contributed by atoms with E-state index in [2.05, 4.69) is 82.4 Å². The molecule has 5 heteroatoms. The van der Waals surface area contributed by atoms with Crippen LogP contribution in [-0.4, -0.2) is 47.7 Å². The summed E-state index contributed by atoms with van der Waals surface area (Å²) in [6.07, 6.45) is 4.05. The van der Waals surface area contributed by atoms with Crippen molar-refractivity contribution in [2.24, 2.45) is 0 Å². The molecule has 33 heavy (non-hydrogen) atoms. The van der Waals surface area contributed by atoms with Crippen LogP contribution in [0.3, 0.4) is 0 Å². The first-order valence-electron chi connectivity index (χ1n) is 11.8. The normalized spacial score (nSPS) is 22.2. The lowest BCUT2D eigenvalue weighted by Gasteiger charge is -2.46. The maximum absolute atomic E-state index is 6.53. The first kappa shape index (κ1) is 20.3. The molecule has 5 nitrogen and oxygen atoms in total. The smallest absolute Gasteiger partial charge is 0.213 e. The molecule has 2 aliphatic rings. The van der Waals surface area contributed by atoms with Crippen LogP contribution in [0.25, 0.3) is 10.9 Å². The summed E-state index contributed by atoms with van der Waals surface area (Å²) in [5, 5.41) is 1.36. The number of nitrogens with one attached hydrogen (secondary N) is 1. The van der Waals surface area contributed by atoms with Crippen LogP contribution in [0.4, 0.5) is 5.69 Å². The molecule has 0 spiro atoms. The van der Waals surface area contributed by atoms with Crippen molar-refractivity contribution in [3.63, 3.8) is 0 Å². The van der Waals surface area contributed by atoms with Crippen LogP contribution in [0.1, 0.15) is 29.2 Å². The van der Waals surface area contributed by atoms with E-state index < -0.39 is 0 Å². The number of hydrogen-bond acceptors (Lipinski definition) is 4. The zero-order chi connectivity index (χ0) is 22.4. The molecule has 168 valence electrons. The summed E-state index contributed by atoms with van der Waals surface area (Å²) in [4.78, 5) is 13.0. The van der Waals surface area contributed by atoms with Crippen molar-refractivity contribution in [2.75, 3.05) is 25.5 Å². The maximum Gasteiger partial charge on any atom is 0.213 e. The van der Waals surface area contributed by atoms with Gasteiger partial charge in [0.15, 0.2) is 0 Å². The SMILES string of the molecule is CN(C)c1ccc(CN2C[C@H](Oc3ccccn3)[C@H]3C[C@@H]2Cc2c3[nH]c3ccccc23)cc1. The van der Waals surface area contributed by atoms with Crippen molar-refractivity contribution in [3.05, 3.63) is 89.7 Å². The van der Waals surface area contributed by atoms with E-state index in [1.54, 1.807) is 6.20 Å². The summed E-state index contributed by atoms with van der Waals surface area (Å²) in [5.41, 5.74) is 6.64. The Bertz CT molecular complexity index is 1250. The molecule has 2 aromatic carbocycles. The van der Waals surface area contributed by atoms with Gasteiger partial charge in [-0.1, -0.05) is 36.4 Å². The topological polar surface area (TPSA) is 44.4 Å². The second kappa shape index (κ2) is 8.23. The van der Waals surface area contributed by atoms with Gasteiger partial charge in [-0.25, -0.2) is 4.98 Å². The molecular formula is C28H30N4O. The van der Waals surface area contributed by atoms with Gasteiger partial charge in [-0.3, -0.25) is 4.90 Å². The third-order valence-electron chi connectivity index (χ3n) is 7.31. The molecule has 3 heterocycles. The van der Waals surface area contributed by atoms with E-state index in [0.717, 1.165) is 25.9 Å². The second-order valence-electron chi connectivity index (χ2n) is 9.58. The Hall–Kier alpha value is -3.31. The van der Waals surface area contributed by atoms with Gasteiger partial charge in [0.25, 0.3) is 0 Å². The number of nitrogens with zero attached hydrogens (tertiary/aromatic N) is 3. The highest BCUT2D eigenvalue weighted by Gasteiger charge is 2.43. The summed E-state index contributed by atoms with van der Waals surface area (Å²) in [6.45, 7) is 1.83. The van der Waals surface area contributed by atoms with Crippen molar-refractivity contribution < 1.29 is 4.74 Å². The molecule has 0 amide bonds. The lowest BCUT2D eigenvalue weighted by molar-refractivity contribution is 0.0171.